The van der Waals surface area contributed by atoms with E-state index in [2.05, 4.69) is 15.3 Å². The summed E-state index contributed by atoms with van der Waals surface area (Å²) in [5.74, 6) is 1.83. The first-order valence-electron chi connectivity index (χ1n) is 9.35. The van der Waals surface area contributed by atoms with Gasteiger partial charge >= 0.3 is 0 Å². The Labute approximate surface area is 174 Å². The maximum Gasteiger partial charge on any atom is 0.226 e. The number of hydrogen-bond acceptors (Lipinski definition) is 7. The van der Waals surface area contributed by atoms with Crippen LogP contribution in [0.1, 0.15) is 12.3 Å². The smallest absolute Gasteiger partial charge is 0.226 e. The highest BCUT2D eigenvalue weighted by Crippen LogP contribution is 2.37. The molecule has 4 aromatic rings. The van der Waals surface area contributed by atoms with Gasteiger partial charge in [0.15, 0.2) is 28.3 Å². The lowest BCUT2D eigenvalue weighted by atomic mass is 10.2. The second-order valence-corrected chi connectivity index (χ2v) is 7.69. The van der Waals surface area contributed by atoms with Crippen molar-refractivity contribution < 1.29 is 23.1 Å². The van der Waals surface area contributed by atoms with Crippen molar-refractivity contribution in [3.8, 4) is 22.8 Å². The van der Waals surface area contributed by atoms with Crippen LogP contribution in [0.3, 0.4) is 0 Å². The van der Waals surface area contributed by atoms with Gasteiger partial charge in [-0.1, -0.05) is 11.3 Å². The Kier molecular flexibility index (Phi) is 4.80. The van der Waals surface area contributed by atoms with E-state index >= 15 is 0 Å². The average Bonchev–Trinajstić information content (AvgIpc) is 3.37. The lowest BCUT2D eigenvalue weighted by Gasteiger charge is -2.17. The summed E-state index contributed by atoms with van der Waals surface area (Å²) in [5.41, 5.74) is 1.47. The Hall–Kier alpha value is -3.46. The minimum absolute atomic E-state index is 0.187. The van der Waals surface area contributed by atoms with Gasteiger partial charge in [0.2, 0.25) is 5.91 Å². The van der Waals surface area contributed by atoms with Crippen LogP contribution in [-0.2, 0) is 11.2 Å². The third-order valence-electron chi connectivity index (χ3n) is 4.55. The van der Waals surface area contributed by atoms with Gasteiger partial charge in [-0.25, -0.2) is 14.4 Å². The number of hydrogen-bond donors (Lipinski definition) is 1. The lowest BCUT2D eigenvalue weighted by Crippen LogP contribution is -2.15. The first-order valence-corrected chi connectivity index (χ1v) is 10.2. The lowest BCUT2D eigenvalue weighted by molar-refractivity contribution is -0.116. The zero-order valence-corrected chi connectivity index (χ0v) is 16.5. The molecule has 0 atom stereocenters. The minimum atomic E-state index is -0.315. The molecule has 30 heavy (non-hydrogen) atoms. The van der Waals surface area contributed by atoms with Crippen molar-refractivity contribution in [1.82, 2.24) is 9.97 Å². The number of aryl methyl sites for hydroxylation is 1. The molecule has 1 aliphatic heterocycles. The summed E-state index contributed by atoms with van der Waals surface area (Å²) < 4.78 is 30.7. The van der Waals surface area contributed by atoms with E-state index in [1.54, 1.807) is 18.3 Å². The molecule has 0 saturated heterocycles. The van der Waals surface area contributed by atoms with Gasteiger partial charge in [-0.05, 0) is 24.3 Å². The van der Waals surface area contributed by atoms with Crippen LogP contribution < -0.4 is 14.8 Å². The molecule has 5 rings (SSSR count). The zero-order chi connectivity index (χ0) is 20.5. The standard InChI is InChI=1S/C21H16FN3O4S/c22-13-3-1-12(2-4-13)17-11-23-20(29-17)6-5-19(26)25-21-24-14-9-15-16(10-18(14)30-21)28-8-7-27-15/h1-4,9-11H,5-8H2,(H,24,25,26). The van der Waals surface area contributed by atoms with Gasteiger partial charge in [-0.3, -0.25) is 4.79 Å². The van der Waals surface area contributed by atoms with Crippen molar-refractivity contribution in [2.75, 3.05) is 18.5 Å². The summed E-state index contributed by atoms with van der Waals surface area (Å²) >= 11 is 1.37. The monoisotopic (exact) mass is 425 g/mol. The molecule has 9 heteroatoms. The third-order valence-corrected chi connectivity index (χ3v) is 5.48. The fourth-order valence-electron chi connectivity index (χ4n) is 3.09. The van der Waals surface area contributed by atoms with E-state index in [0.29, 0.717) is 47.9 Å². The topological polar surface area (TPSA) is 86.5 Å². The molecule has 3 heterocycles. The molecular formula is C21H16FN3O4S. The van der Waals surface area contributed by atoms with Gasteiger partial charge in [-0.15, -0.1) is 0 Å². The van der Waals surface area contributed by atoms with E-state index < -0.39 is 0 Å². The summed E-state index contributed by atoms with van der Waals surface area (Å²) in [4.78, 5) is 21.0. The number of nitrogens with one attached hydrogen (secondary N) is 1. The minimum Gasteiger partial charge on any atom is -0.486 e. The molecule has 0 spiro atoms. The summed E-state index contributed by atoms with van der Waals surface area (Å²) in [6.07, 6.45) is 2.11. The highest BCUT2D eigenvalue weighted by Gasteiger charge is 2.16. The number of aromatic nitrogens is 2. The SMILES string of the molecule is O=C(CCc1ncc(-c2ccc(F)cc2)o1)Nc1nc2cc3c(cc2s1)OCCO3. The van der Waals surface area contributed by atoms with Gasteiger partial charge in [0, 0.05) is 30.5 Å². The van der Waals surface area contributed by atoms with Crippen molar-refractivity contribution in [1.29, 1.82) is 0 Å². The first kappa shape index (κ1) is 18.6. The predicted octanol–water partition coefficient (Wildman–Crippen LogP) is 4.43. The van der Waals surface area contributed by atoms with Crippen LogP contribution >= 0.6 is 11.3 Å². The van der Waals surface area contributed by atoms with Crippen molar-refractivity contribution in [2.24, 2.45) is 0 Å². The zero-order valence-electron chi connectivity index (χ0n) is 15.7. The first-order chi connectivity index (χ1) is 14.6. The Morgan fingerprint density at radius 2 is 1.90 bits per heavy atom. The number of ether oxygens (including phenoxy) is 2. The molecular weight excluding hydrogens is 409 g/mol. The number of nitrogens with zero attached hydrogens (tertiary/aromatic N) is 2. The van der Waals surface area contributed by atoms with Crippen LogP contribution in [0.25, 0.3) is 21.5 Å². The molecule has 0 bridgehead atoms. The second-order valence-electron chi connectivity index (χ2n) is 6.66. The highest BCUT2D eigenvalue weighted by molar-refractivity contribution is 7.22. The maximum absolute atomic E-state index is 13.0. The van der Waals surface area contributed by atoms with Crippen LogP contribution in [0, 0.1) is 5.82 Å². The quantitative estimate of drug-likeness (QED) is 0.509. The number of anilines is 1. The molecule has 2 aromatic carbocycles. The molecule has 0 saturated carbocycles. The number of amides is 1. The number of carbonyl (C=O) groups excluding carboxylic acids is 1. The number of fused-ring (bicyclic) bond motifs is 2. The fraction of sp³-hybridized carbons (Fsp3) is 0.190. The van der Waals surface area contributed by atoms with E-state index in [9.17, 15) is 9.18 Å². The predicted molar refractivity (Wildman–Crippen MR) is 109 cm³/mol. The van der Waals surface area contributed by atoms with Crippen LogP contribution in [0.15, 0.2) is 47.0 Å². The van der Waals surface area contributed by atoms with Crippen molar-refractivity contribution in [3.63, 3.8) is 0 Å². The van der Waals surface area contributed by atoms with Gasteiger partial charge in [0.1, 0.15) is 19.0 Å². The Morgan fingerprint density at radius 3 is 2.70 bits per heavy atom. The van der Waals surface area contributed by atoms with Gasteiger partial charge in [-0.2, -0.15) is 0 Å². The number of oxazole rings is 1. The van der Waals surface area contributed by atoms with Crippen LogP contribution in [0.2, 0.25) is 0 Å². The Bertz CT molecular complexity index is 1180. The number of carbonyl (C=O) groups is 1. The Balaban J connectivity index is 1.22. The fourth-order valence-corrected chi connectivity index (χ4v) is 3.99. The van der Waals surface area contributed by atoms with Crippen LogP contribution in [-0.4, -0.2) is 29.1 Å². The number of benzene rings is 2. The third kappa shape index (κ3) is 3.84. The van der Waals surface area contributed by atoms with Crippen molar-refractivity contribution >= 4 is 32.6 Å². The van der Waals surface area contributed by atoms with Gasteiger partial charge in [0.05, 0.1) is 16.4 Å². The summed E-state index contributed by atoms with van der Waals surface area (Å²) in [6.45, 7) is 1.03. The van der Waals surface area contributed by atoms with E-state index in [-0.39, 0.29) is 18.1 Å². The van der Waals surface area contributed by atoms with Gasteiger partial charge < -0.3 is 19.2 Å². The number of rotatable bonds is 5. The molecule has 1 aliphatic rings. The molecule has 152 valence electrons. The van der Waals surface area contributed by atoms with E-state index in [4.69, 9.17) is 13.9 Å². The van der Waals surface area contributed by atoms with E-state index in [1.165, 1.54) is 23.5 Å². The molecule has 1 amide bonds. The average molecular weight is 425 g/mol. The molecule has 0 radical (unpaired) electrons. The summed E-state index contributed by atoms with van der Waals surface area (Å²) in [5, 5.41) is 3.32. The summed E-state index contributed by atoms with van der Waals surface area (Å²) in [7, 11) is 0. The largest absolute Gasteiger partial charge is 0.486 e. The van der Waals surface area contributed by atoms with Crippen molar-refractivity contribution in [3.05, 3.63) is 54.3 Å². The molecule has 0 aliphatic carbocycles. The van der Waals surface area contributed by atoms with Crippen molar-refractivity contribution in [2.45, 2.75) is 12.8 Å². The molecule has 2 aromatic heterocycles. The number of thiazole rings is 1. The summed E-state index contributed by atoms with van der Waals surface area (Å²) in [6, 6.07) is 9.65. The molecule has 0 unspecified atom stereocenters. The second kappa shape index (κ2) is 7.75. The van der Waals surface area contributed by atoms with Crippen LogP contribution in [0.4, 0.5) is 9.52 Å². The normalized spacial score (nSPS) is 12.8. The molecule has 1 N–H and O–H groups in total. The Morgan fingerprint density at radius 1 is 1.13 bits per heavy atom. The molecule has 0 fully saturated rings. The van der Waals surface area contributed by atoms with Crippen LogP contribution in [0.5, 0.6) is 11.5 Å². The van der Waals surface area contributed by atoms with E-state index in [0.717, 1.165) is 15.8 Å². The maximum atomic E-state index is 13.0. The van der Waals surface area contributed by atoms with Gasteiger partial charge in [0.25, 0.3) is 0 Å². The molecule has 7 nitrogen and oxygen atoms in total. The number of halogens is 1. The van der Waals surface area contributed by atoms with E-state index in [1.807, 2.05) is 12.1 Å². The highest BCUT2D eigenvalue weighted by atomic mass is 32.1.